The number of hydrogen-bond donors (Lipinski definition) is 1. The Hall–Kier alpha value is -2.20. The summed E-state index contributed by atoms with van der Waals surface area (Å²) in [4.78, 5) is 15.4. The van der Waals surface area contributed by atoms with Crippen molar-refractivity contribution in [2.24, 2.45) is 0 Å². The molecule has 6 nitrogen and oxygen atoms in total. The third kappa shape index (κ3) is 3.15. The molecule has 0 saturated heterocycles. The van der Waals surface area contributed by atoms with Gasteiger partial charge in [0.2, 0.25) is 5.91 Å². The van der Waals surface area contributed by atoms with Crippen molar-refractivity contribution >= 4 is 27.5 Å². The van der Waals surface area contributed by atoms with Gasteiger partial charge in [0.1, 0.15) is 18.9 Å². The number of amides is 1. The molecule has 0 spiro atoms. The van der Waals surface area contributed by atoms with Gasteiger partial charge in [-0.05, 0) is 18.2 Å². The molecule has 0 bridgehead atoms. The van der Waals surface area contributed by atoms with Crippen LogP contribution in [0, 0.1) is 11.3 Å². The third-order valence-electron chi connectivity index (χ3n) is 2.05. The van der Waals surface area contributed by atoms with Crippen LogP contribution in [0.5, 0.6) is 0 Å². The summed E-state index contributed by atoms with van der Waals surface area (Å²) in [6, 6.07) is 9.06. The maximum atomic E-state index is 11.7. The summed E-state index contributed by atoms with van der Waals surface area (Å²) < 4.78 is 2.19. The molecule has 90 valence electrons. The number of aromatic nitrogens is 3. The first-order valence-electron chi connectivity index (χ1n) is 5.02. The molecule has 0 aliphatic carbocycles. The van der Waals surface area contributed by atoms with E-state index in [1.807, 2.05) is 12.1 Å². The van der Waals surface area contributed by atoms with Crippen LogP contribution in [0.4, 0.5) is 5.69 Å². The lowest BCUT2D eigenvalue weighted by Crippen LogP contribution is -2.19. The molecule has 1 aromatic heterocycles. The fourth-order valence-corrected chi connectivity index (χ4v) is 1.74. The average Bonchev–Trinajstić information content (AvgIpc) is 2.76. The predicted octanol–water partition coefficient (Wildman–Crippen LogP) is 1.55. The molecular formula is C11H8BrN5O. The van der Waals surface area contributed by atoms with Crippen LogP contribution >= 0.6 is 15.9 Å². The van der Waals surface area contributed by atoms with Crippen molar-refractivity contribution in [3.63, 3.8) is 0 Å². The Labute approximate surface area is 111 Å². The second kappa shape index (κ2) is 5.42. The molecule has 1 aromatic carbocycles. The molecule has 0 aliphatic rings. The van der Waals surface area contributed by atoms with E-state index in [0.29, 0.717) is 5.69 Å². The first kappa shape index (κ1) is 12.3. The third-order valence-corrected chi connectivity index (χ3v) is 2.54. The molecule has 0 atom stereocenters. The SMILES string of the molecule is N#Cc1ncn(CC(=O)Nc2cccc(Br)c2)n1. The van der Waals surface area contributed by atoms with Gasteiger partial charge in [-0.1, -0.05) is 22.0 Å². The van der Waals surface area contributed by atoms with Crippen molar-refractivity contribution in [2.75, 3.05) is 5.32 Å². The molecule has 0 aliphatic heterocycles. The summed E-state index contributed by atoms with van der Waals surface area (Å²) in [5.74, 6) is -0.187. The maximum absolute atomic E-state index is 11.7. The number of nitrogens with zero attached hydrogens (tertiary/aromatic N) is 4. The van der Waals surface area contributed by atoms with Gasteiger partial charge in [0.15, 0.2) is 0 Å². The summed E-state index contributed by atoms with van der Waals surface area (Å²) in [6.45, 7) is 0.0151. The van der Waals surface area contributed by atoms with E-state index in [4.69, 9.17) is 5.26 Å². The number of anilines is 1. The molecular weight excluding hydrogens is 298 g/mol. The van der Waals surface area contributed by atoms with E-state index < -0.39 is 0 Å². The van der Waals surface area contributed by atoms with Crippen LogP contribution in [0.3, 0.4) is 0 Å². The minimum atomic E-state index is -0.234. The molecule has 0 radical (unpaired) electrons. The van der Waals surface area contributed by atoms with Gasteiger partial charge in [-0.2, -0.15) is 5.26 Å². The summed E-state index contributed by atoms with van der Waals surface area (Å²) in [5.41, 5.74) is 0.690. The summed E-state index contributed by atoms with van der Waals surface area (Å²) in [5, 5.41) is 15.1. The number of carbonyl (C=O) groups is 1. The highest BCUT2D eigenvalue weighted by Crippen LogP contribution is 2.15. The monoisotopic (exact) mass is 305 g/mol. The zero-order chi connectivity index (χ0) is 13.0. The molecule has 2 rings (SSSR count). The van der Waals surface area contributed by atoms with Gasteiger partial charge < -0.3 is 5.32 Å². The lowest BCUT2D eigenvalue weighted by molar-refractivity contribution is -0.116. The minimum Gasteiger partial charge on any atom is -0.324 e. The van der Waals surface area contributed by atoms with E-state index in [9.17, 15) is 4.79 Å². The van der Waals surface area contributed by atoms with E-state index in [1.165, 1.54) is 11.0 Å². The molecule has 0 fully saturated rings. The summed E-state index contributed by atoms with van der Waals surface area (Å²) in [6.07, 6.45) is 1.35. The van der Waals surface area contributed by atoms with E-state index in [-0.39, 0.29) is 18.3 Å². The van der Waals surface area contributed by atoms with Gasteiger partial charge in [0.05, 0.1) is 0 Å². The number of carbonyl (C=O) groups excluding carboxylic acids is 1. The summed E-state index contributed by atoms with van der Waals surface area (Å²) in [7, 11) is 0. The molecule has 2 aromatic rings. The Morgan fingerprint density at radius 3 is 3.06 bits per heavy atom. The van der Waals surface area contributed by atoms with E-state index in [0.717, 1.165) is 4.47 Å². The maximum Gasteiger partial charge on any atom is 0.252 e. The molecule has 1 heterocycles. The predicted molar refractivity (Wildman–Crippen MR) is 67.5 cm³/mol. The number of halogens is 1. The van der Waals surface area contributed by atoms with Gasteiger partial charge >= 0.3 is 0 Å². The highest BCUT2D eigenvalue weighted by molar-refractivity contribution is 9.10. The van der Waals surface area contributed by atoms with Crippen molar-refractivity contribution < 1.29 is 4.79 Å². The highest BCUT2D eigenvalue weighted by atomic mass is 79.9. The van der Waals surface area contributed by atoms with Gasteiger partial charge in [0, 0.05) is 10.2 Å². The second-order valence-corrected chi connectivity index (χ2v) is 4.35. The standard InChI is InChI=1S/C11H8BrN5O/c12-8-2-1-3-9(4-8)15-11(18)6-17-7-14-10(5-13)16-17/h1-4,7H,6H2,(H,15,18). The number of nitrogens with one attached hydrogen (secondary N) is 1. The molecule has 0 saturated carbocycles. The van der Waals surface area contributed by atoms with E-state index in [1.54, 1.807) is 18.2 Å². The molecule has 18 heavy (non-hydrogen) atoms. The number of hydrogen-bond acceptors (Lipinski definition) is 4. The number of benzene rings is 1. The van der Waals surface area contributed by atoms with Crippen LogP contribution in [0.2, 0.25) is 0 Å². The topological polar surface area (TPSA) is 83.6 Å². The molecule has 1 N–H and O–H groups in total. The number of nitriles is 1. The number of rotatable bonds is 3. The summed E-state index contributed by atoms with van der Waals surface area (Å²) >= 11 is 3.32. The van der Waals surface area contributed by atoms with Gasteiger partial charge in [-0.3, -0.25) is 4.79 Å². The van der Waals surface area contributed by atoms with Crippen LogP contribution in [-0.4, -0.2) is 20.7 Å². The lowest BCUT2D eigenvalue weighted by atomic mass is 10.3. The molecule has 7 heteroatoms. The van der Waals surface area contributed by atoms with Crippen LogP contribution in [-0.2, 0) is 11.3 Å². The zero-order valence-electron chi connectivity index (χ0n) is 9.17. The largest absolute Gasteiger partial charge is 0.324 e. The zero-order valence-corrected chi connectivity index (χ0v) is 10.8. The lowest BCUT2D eigenvalue weighted by Gasteiger charge is -2.05. The Morgan fingerprint density at radius 2 is 2.39 bits per heavy atom. The van der Waals surface area contributed by atoms with Crippen molar-refractivity contribution in [2.45, 2.75) is 6.54 Å². The molecule has 0 unspecified atom stereocenters. The first-order chi connectivity index (χ1) is 8.67. The quantitative estimate of drug-likeness (QED) is 0.932. The van der Waals surface area contributed by atoms with Crippen molar-refractivity contribution in [3.05, 3.63) is 40.9 Å². The smallest absolute Gasteiger partial charge is 0.252 e. The average molecular weight is 306 g/mol. The van der Waals surface area contributed by atoms with Crippen LogP contribution < -0.4 is 5.32 Å². The van der Waals surface area contributed by atoms with Gasteiger partial charge in [0.25, 0.3) is 5.82 Å². The Balaban J connectivity index is 1.99. The minimum absolute atomic E-state index is 0.0151. The van der Waals surface area contributed by atoms with Crippen molar-refractivity contribution in [3.8, 4) is 6.07 Å². The van der Waals surface area contributed by atoms with Gasteiger partial charge in [-0.15, -0.1) is 5.10 Å². The van der Waals surface area contributed by atoms with Crippen molar-refractivity contribution in [1.29, 1.82) is 5.26 Å². The highest BCUT2D eigenvalue weighted by Gasteiger charge is 2.06. The normalized spacial score (nSPS) is 9.78. The van der Waals surface area contributed by atoms with Gasteiger partial charge in [-0.25, -0.2) is 9.67 Å². The fourth-order valence-electron chi connectivity index (χ4n) is 1.34. The Bertz CT molecular complexity index is 616. The van der Waals surface area contributed by atoms with Crippen molar-refractivity contribution in [1.82, 2.24) is 14.8 Å². The Kier molecular flexibility index (Phi) is 3.69. The van der Waals surface area contributed by atoms with Crippen LogP contribution in [0.15, 0.2) is 35.1 Å². The second-order valence-electron chi connectivity index (χ2n) is 3.44. The van der Waals surface area contributed by atoms with Crippen LogP contribution in [0.25, 0.3) is 0 Å². The first-order valence-corrected chi connectivity index (χ1v) is 5.81. The Morgan fingerprint density at radius 1 is 1.56 bits per heavy atom. The fraction of sp³-hybridized carbons (Fsp3) is 0.0909. The van der Waals surface area contributed by atoms with E-state index >= 15 is 0 Å². The van der Waals surface area contributed by atoms with Crippen LogP contribution in [0.1, 0.15) is 5.82 Å². The van der Waals surface area contributed by atoms with E-state index in [2.05, 4.69) is 31.3 Å². The molecule has 1 amide bonds.